The molecule has 1 aliphatic heterocycles. The number of hydrogen-bond donors (Lipinski definition) is 0. The van der Waals surface area contributed by atoms with Gasteiger partial charge in [-0.25, -0.2) is 9.59 Å². The summed E-state index contributed by atoms with van der Waals surface area (Å²) in [5.41, 5.74) is 0.437. The second kappa shape index (κ2) is 9.86. The maximum absolute atomic E-state index is 12.6. The van der Waals surface area contributed by atoms with Gasteiger partial charge in [0.2, 0.25) is 24.8 Å². The average molecular weight is 428 g/mol. The Morgan fingerprint density at radius 3 is 1.52 bits per heavy atom. The van der Waals surface area contributed by atoms with E-state index in [2.05, 4.69) is 0 Å². The molecule has 0 aliphatic carbocycles. The summed E-state index contributed by atoms with van der Waals surface area (Å²) in [5, 5.41) is 0. The Labute approximate surface area is 177 Å². The van der Waals surface area contributed by atoms with Crippen molar-refractivity contribution in [2.45, 2.75) is 38.6 Å². The Morgan fingerprint density at radius 1 is 0.613 bits per heavy atom. The van der Waals surface area contributed by atoms with Crippen molar-refractivity contribution in [2.75, 3.05) is 0 Å². The fourth-order valence-electron chi connectivity index (χ4n) is 2.90. The van der Waals surface area contributed by atoms with Crippen LogP contribution in [0.25, 0.3) is 0 Å². The minimum absolute atomic E-state index is 0.216. The van der Waals surface area contributed by atoms with Crippen molar-refractivity contribution in [3.05, 3.63) is 71.8 Å². The molecule has 0 saturated carbocycles. The molecular weight excluding hydrogens is 408 g/mol. The molecule has 0 spiro atoms. The molecule has 3 rings (SSSR count). The van der Waals surface area contributed by atoms with E-state index in [4.69, 9.17) is 23.7 Å². The van der Waals surface area contributed by atoms with Gasteiger partial charge >= 0.3 is 23.9 Å². The number of benzene rings is 2. The topological polar surface area (TPSA) is 114 Å². The first-order valence-electron chi connectivity index (χ1n) is 9.37. The maximum Gasteiger partial charge on any atom is 0.340 e. The van der Waals surface area contributed by atoms with Gasteiger partial charge in [0.05, 0.1) is 11.1 Å². The number of esters is 4. The molecule has 0 bridgehead atoms. The number of hydrogen-bond acceptors (Lipinski definition) is 9. The van der Waals surface area contributed by atoms with Crippen molar-refractivity contribution in [3.63, 3.8) is 0 Å². The van der Waals surface area contributed by atoms with Crippen LogP contribution >= 0.6 is 0 Å². The minimum atomic E-state index is -1.49. The van der Waals surface area contributed by atoms with E-state index in [1.54, 1.807) is 36.4 Å². The smallest absolute Gasteiger partial charge is 0.340 e. The van der Waals surface area contributed by atoms with Crippen LogP contribution in [0.3, 0.4) is 0 Å². The van der Waals surface area contributed by atoms with Gasteiger partial charge in [0.25, 0.3) is 0 Å². The van der Waals surface area contributed by atoms with Gasteiger partial charge in [-0.15, -0.1) is 0 Å². The van der Waals surface area contributed by atoms with Gasteiger partial charge < -0.3 is 18.9 Å². The van der Waals surface area contributed by atoms with Crippen LogP contribution in [0.1, 0.15) is 34.6 Å². The molecule has 3 unspecified atom stereocenters. The molecule has 162 valence electrons. The first-order chi connectivity index (χ1) is 14.8. The molecular formula is C22H20O9. The molecule has 0 N–H and O–H groups in total. The highest BCUT2D eigenvalue weighted by Crippen LogP contribution is 2.30. The second-order valence-corrected chi connectivity index (χ2v) is 6.56. The molecule has 1 aliphatic rings. The molecule has 1 fully saturated rings. The summed E-state index contributed by atoms with van der Waals surface area (Å²) >= 11 is 0. The zero-order valence-corrected chi connectivity index (χ0v) is 16.8. The van der Waals surface area contributed by atoms with E-state index in [1.165, 1.54) is 24.3 Å². The molecule has 2 aromatic carbocycles. The lowest BCUT2D eigenvalue weighted by Crippen LogP contribution is -2.42. The van der Waals surface area contributed by atoms with E-state index >= 15 is 0 Å². The predicted molar refractivity (Wildman–Crippen MR) is 103 cm³/mol. The van der Waals surface area contributed by atoms with Crippen molar-refractivity contribution >= 4 is 23.9 Å². The van der Waals surface area contributed by atoms with Crippen molar-refractivity contribution < 1.29 is 42.9 Å². The van der Waals surface area contributed by atoms with Gasteiger partial charge in [-0.3, -0.25) is 14.3 Å². The van der Waals surface area contributed by atoms with Crippen molar-refractivity contribution in [1.29, 1.82) is 0 Å². The Hall–Kier alpha value is -3.72. The molecule has 0 radical (unpaired) electrons. The van der Waals surface area contributed by atoms with Crippen molar-refractivity contribution in [3.8, 4) is 0 Å². The van der Waals surface area contributed by atoms with E-state index in [1.807, 2.05) is 0 Å². The number of rotatable bonds is 6. The normalized spacial score (nSPS) is 22.3. The van der Waals surface area contributed by atoms with Crippen molar-refractivity contribution in [2.24, 2.45) is 0 Å². The van der Waals surface area contributed by atoms with Crippen LogP contribution in [0.15, 0.2) is 60.7 Å². The largest absolute Gasteiger partial charge is 0.452 e. The van der Waals surface area contributed by atoms with Gasteiger partial charge in [-0.05, 0) is 24.3 Å². The lowest BCUT2D eigenvalue weighted by atomic mass is 10.2. The third-order valence-corrected chi connectivity index (χ3v) is 4.20. The van der Waals surface area contributed by atoms with Crippen LogP contribution in [-0.4, -0.2) is 48.7 Å². The number of ether oxygens (including phenoxy) is 5. The third-order valence-electron chi connectivity index (χ3n) is 4.20. The average Bonchev–Trinajstić information content (AvgIpc) is 3.03. The van der Waals surface area contributed by atoms with E-state index in [0.717, 1.165) is 13.8 Å². The summed E-state index contributed by atoms with van der Waals surface area (Å²) in [6.45, 7) is 2.26. The summed E-state index contributed by atoms with van der Waals surface area (Å²) in [6.07, 6.45) is -5.66. The highest BCUT2D eigenvalue weighted by molar-refractivity contribution is 5.90. The van der Waals surface area contributed by atoms with Gasteiger partial charge in [-0.1, -0.05) is 36.4 Å². The van der Waals surface area contributed by atoms with E-state index in [9.17, 15) is 19.2 Å². The molecule has 4 atom stereocenters. The lowest BCUT2D eigenvalue weighted by molar-refractivity contribution is -0.211. The van der Waals surface area contributed by atoms with Crippen LogP contribution in [-0.2, 0) is 33.3 Å². The zero-order valence-electron chi connectivity index (χ0n) is 16.8. The summed E-state index contributed by atoms with van der Waals surface area (Å²) < 4.78 is 26.5. The monoisotopic (exact) mass is 428 g/mol. The van der Waals surface area contributed by atoms with E-state index in [0.29, 0.717) is 0 Å². The molecule has 1 saturated heterocycles. The minimum Gasteiger partial charge on any atom is -0.452 e. The predicted octanol–water partition coefficient (Wildman–Crippen LogP) is 2.25. The first kappa shape index (κ1) is 22.0. The summed E-state index contributed by atoms with van der Waals surface area (Å²) in [6, 6.07) is 16.1. The van der Waals surface area contributed by atoms with Crippen LogP contribution in [0.5, 0.6) is 0 Å². The van der Waals surface area contributed by atoms with E-state index in [-0.39, 0.29) is 11.1 Å². The van der Waals surface area contributed by atoms with E-state index < -0.39 is 48.7 Å². The summed E-state index contributed by atoms with van der Waals surface area (Å²) in [7, 11) is 0. The highest BCUT2D eigenvalue weighted by atomic mass is 16.8. The molecule has 9 heteroatoms. The lowest BCUT2D eigenvalue weighted by Gasteiger charge is -2.23. The fourth-order valence-corrected chi connectivity index (χ4v) is 2.90. The standard InChI is InChI=1S/C22H20O9/c1-13(23)27-17-18(29-19(25)15-9-5-3-6-10-15)22(31-21(17)28-14(2)24)30-20(26)16-11-7-4-8-12-16/h3-12,17-18,21-22H,1-2H3/t17?,18?,21?,22-/m1/s1. The zero-order chi connectivity index (χ0) is 22.4. The Morgan fingerprint density at radius 2 is 1.03 bits per heavy atom. The molecule has 9 nitrogen and oxygen atoms in total. The quantitative estimate of drug-likeness (QED) is 0.505. The van der Waals surface area contributed by atoms with Crippen LogP contribution in [0.2, 0.25) is 0 Å². The SMILES string of the molecule is CC(=O)OC1O[C@@H](OC(=O)c2ccccc2)C(OC(=O)c2ccccc2)C1OC(C)=O. The molecule has 31 heavy (non-hydrogen) atoms. The number of carbonyl (C=O) groups is 4. The molecule has 2 aromatic rings. The van der Waals surface area contributed by atoms with Crippen molar-refractivity contribution in [1.82, 2.24) is 0 Å². The van der Waals surface area contributed by atoms with Gasteiger partial charge in [0.15, 0.2) is 0 Å². The van der Waals surface area contributed by atoms with Crippen LogP contribution in [0, 0.1) is 0 Å². The van der Waals surface area contributed by atoms with Gasteiger partial charge in [0.1, 0.15) is 0 Å². The van der Waals surface area contributed by atoms with Gasteiger partial charge in [0, 0.05) is 13.8 Å². The molecule has 1 heterocycles. The summed E-state index contributed by atoms with van der Waals surface area (Å²) in [5.74, 6) is -3.00. The Bertz CT molecular complexity index is 942. The summed E-state index contributed by atoms with van der Waals surface area (Å²) in [4.78, 5) is 48.2. The maximum atomic E-state index is 12.6. The molecule has 0 aromatic heterocycles. The highest BCUT2D eigenvalue weighted by Gasteiger charge is 2.53. The van der Waals surface area contributed by atoms with Gasteiger partial charge in [-0.2, -0.15) is 0 Å². The van der Waals surface area contributed by atoms with Crippen LogP contribution < -0.4 is 0 Å². The van der Waals surface area contributed by atoms with Crippen LogP contribution in [0.4, 0.5) is 0 Å². The third kappa shape index (κ3) is 5.67. The first-order valence-corrected chi connectivity index (χ1v) is 9.37. The number of carbonyl (C=O) groups excluding carboxylic acids is 4. The Kier molecular flexibility index (Phi) is 6.99. The second-order valence-electron chi connectivity index (χ2n) is 6.56. The Balaban J connectivity index is 1.87. The fraction of sp³-hybridized carbons (Fsp3) is 0.273. The molecule has 0 amide bonds.